The number of carboxylic acid groups (broad SMARTS) is 1. The van der Waals surface area contributed by atoms with E-state index in [1.807, 2.05) is 31.3 Å². The van der Waals surface area contributed by atoms with Crippen LogP contribution in [-0.4, -0.2) is 51.7 Å². The lowest BCUT2D eigenvalue weighted by atomic mass is 10.1. The Morgan fingerprint density at radius 3 is 2.67 bits per heavy atom. The Morgan fingerprint density at radius 2 is 1.86 bits per heavy atom. The summed E-state index contributed by atoms with van der Waals surface area (Å²) in [5, 5.41) is 19.8. The van der Waals surface area contributed by atoms with Gasteiger partial charge in [0.1, 0.15) is 29.6 Å². The van der Waals surface area contributed by atoms with Crippen LogP contribution in [0.3, 0.4) is 0 Å². The van der Waals surface area contributed by atoms with Crippen LogP contribution in [0.15, 0.2) is 59.3 Å². The van der Waals surface area contributed by atoms with Crippen molar-refractivity contribution in [3.8, 4) is 17.3 Å². The average molecular weight is 486 g/mol. The summed E-state index contributed by atoms with van der Waals surface area (Å²) in [6.07, 6.45) is 3.33. The summed E-state index contributed by atoms with van der Waals surface area (Å²) in [5.74, 6) is 1.54. The molecule has 4 heterocycles. The minimum atomic E-state index is -0.933. The zero-order valence-electron chi connectivity index (χ0n) is 19.6. The minimum Gasteiger partial charge on any atom is -0.481 e. The van der Waals surface area contributed by atoms with E-state index in [4.69, 9.17) is 19.2 Å². The first kappa shape index (κ1) is 22.8. The van der Waals surface area contributed by atoms with Gasteiger partial charge in [-0.15, -0.1) is 0 Å². The van der Waals surface area contributed by atoms with E-state index in [2.05, 4.69) is 30.9 Å². The van der Waals surface area contributed by atoms with Gasteiger partial charge in [0, 0.05) is 43.3 Å². The van der Waals surface area contributed by atoms with Gasteiger partial charge in [0.15, 0.2) is 5.58 Å². The molecule has 36 heavy (non-hydrogen) atoms. The van der Waals surface area contributed by atoms with Crippen molar-refractivity contribution in [2.24, 2.45) is 0 Å². The van der Waals surface area contributed by atoms with Gasteiger partial charge >= 0.3 is 5.97 Å². The first-order chi connectivity index (χ1) is 17.6. The summed E-state index contributed by atoms with van der Waals surface area (Å²) >= 11 is 0. The molecule has 0 aliphatic rings. The lowest BCUT2D eigenvalue weighted by molar-refractivity contribution is -0.137. The fourth-order valence-electron chi connectivity index (χ4n) is 3.78. The summed E-state index contributed by atoms with van der Waals surface area (Å²) in [5.41, 5.74) is 2.98. The van der Waals surface area contributed by atoms with E-state index in [9.17, 15) is 4.79 Å². The molecular weight excluding hydrogens is 462 g/mol. The third-order valence-electron chi connectivity index (χ3n) is 5.47. The van der Waals surface area contributed by atoms with Crippen LogP contribution in [0.1, 0.15) is 6.42 Å². The molecule has 5 aromatic rings. The summed E-state index contributed by atoms with van der Waals surface area (Å²) < 4.78 is 11.5. The van der Waals surface area contributed by atoms with Gasteiger partial charge in [0.2, 0.25) is 11.8 Å². The monoisotopic (exact) mass is 485 g/mol. The van der Waals surface area contributed by atoms with Crippen molar-refractivity contribution < 1.29 is 19.1 Å². The van der Waals surface area contributed by atoms with Crippen LogP contribution in [0.4, 0.5) is 23.1 Å². The lowest BCUT2D eigenvalue weighted by Crippen LogP contribution is -2.06. The molecule has 0 saturated heterocycles. The van der Waals surface area contributed by atoms with Crippen LogP contribution < -0.4 is 20.7 Å². The van der Waals surface area contributed by atoms with Gasteiger partial charge in [0.25, 0.3) is 0 Å². The van der Waals surface area contributed by atoms with Crippen molar-refractivity contribution in [3.05, 3.63) is 54.9 Å². The summed E-state index contributed by atoms with van der Waals surface area (Å²) in [6, 6.07) is 12.8. The summed E-state index contributed by atoms with van der Waals surface area (Å²) in [7, 11) is 3.64. The zero-order valence-corrected chi connectivity index (χ0v) is 19.6. The number of anilines is 4. The fourth-order valence-corrected chi connectivity index (χ4v) is 3.78. The average Bonchev–Trinajstić information content (AvgIpc) is 3.32. The molecule has 5 rings (SSSR count). The number of aliphatic carboxylic acids is 1. The maximum Gasteiger partial charge on any atom is 0.306 e. The van der Waals surface area contributed by atoms with Crippen LogP contribution in [0, 0.1) is 0 Å². The van der Waals surface area contributed by atoms with Gasteiger partial charge in [-0.3, -0.25) is 4.79 Å². The van der Waals surface area contributed by atoms with Crippen molar-refractivity contribution in [1.82, 2.24) is 19.9 Å². The number of ether oxygens (including phenoxy) is 1. The second-order valence-electron chi connectivity index (χ2n) is 7.79. The maximum absolute atomic E-state index is 10.7. The Hall–Kier alpha value is -4.93. The molecule has 0 bridgehead atoms. The van der Waals surface area contributed by atoms with Crippen molar-refractivity contribution in [1.29, 1.82) is 0 Å². The van der Waals surface area contributed by atoms with E-state index in [-0.39, 0.29) is 13.0 Å². The Kier molecular flexibility index (Phi) is 6.18. The molecule has 0 radical (unpaired) electrons. The molecule has 0 aliphatic heterocycles. The molecule has 0 unspecified atom stereocenters. The van der Waals surface area contributed by atoms with E-state index < -0.39 is 5.97 Å². The second-order valence-corrected chi connectivity index (χ2v) is 7.79. The molecular formula is C25H23N7O4. The third-order valence-corrected chi connectivity index (χ3v) is 5.47. The molecule has 0 fully saturated rings. The predicted octanol–water partition coefficient (Wildman–Crippen LogP) is 4.51. The maximum atomic E-state index is 10.7. The summed E-state index contributed by atoms with van der Waals surface area (Å²) in [4.78, 5) is 28.9. The van der Waals surface area contributed by atoms with Gasteiger partial charge in [0.05, 0.1) is 17.7 Å². The van der Waals surface area contributed by atoms with Gasteiger partial charge in [-0.1, -0.05) is 12.1 Å². The third kappa shape index (κ3) is 4.53. The van der Waals surface area contributed by atoms with Gasteiger partial charge < -0.3 is 30.2 Å². The molecule has 0 aliphatic carbocycles. The number of oxazole rings is 1. The highest BCUT2D eigenvalue weighted by molar-refractivity contribution is 6.02. The summed E-state index contributed by atoms with van der Waals surface area (Å²) in [6.45, 7) is 0.0307. The number of carbonyl (C=O) groups is 1. The quantitative estimate of drug-likeness (QED) is 0.234. The van der Waals surface area contributed by atoms with Crippen LogP contribution >= 0.6 is 0 Å². The normalized spacial score (nSPS) is 10.9. The lowest BCUT2D eigenvalue weighted by Gasteiger charge is -2.11. The molecule has 4 aromatic heterocycles. The molecule has 0 saturated carbocycles. The molecule has 182 valence electrons. The van der Waals surface area contributed by atoms with E-state index in [0.717, 1.165) is 22.0 Å². The number of para-hydroxylation sites is 1. The van der Waals surface area contributed by atoms with Crippen molar-refractivity contribution in [2.45, 2.75) is 6.42 Å². The van der Waals surface area contributed by atoms with Crippen LogP contribution in [0.5, 0.6) is 5.88 Å². The number of fused-ring (bicyclic) bond motifs is 2. The first-order valence-electron chi connectivity index (χ1n) is 11.2. The molecule has 0 atom stereocenters. The van der Waals surface area contributed by atoms with Gasteiger partial charge in [-0.05, 0) is 24.3 Å². The van der Waals surface area contributed by atoms with Crippen molar-refractivity contribution >= 4 is 51.0 Å². The van der Waals surface area contributed by atoms with Crippen LogP contribution in [0.25, 0.3) is 33.3 Å². The highest BCUT2D eigenvalue weighted by Crippen LogP contribution is 2.35. The number of rotatable bonds is 9. The Labute approximate surface area is 205 Å². The number of hydrogen-bond acceptors (Lipinski definition) is 10. The topological polar surface area (TPSA) is 147 Å². The smallest absolute Gasteiger partial charge is 0.306 e. The number of aromatic nitrogens is 4. The van der Waals surface area contributed by atoms with E-state index in [1.165, 1.54) is 0 Å². The second kappa shape index (κ2) is 9.74. The standard InChI is InChI=1S/C25H23N7O4/c1-26-17-5-3-6-18-23(17)32-25(36-18)16-13-29-24(27-2)15-12-28-20(11-14(15)16)30-19-7-4-8-21(31-19)35-10-9-22(33)34/h3-8,11-13,26H,9-10H2,1-2H3,(H,27,29)(H,33,34)(H,28,30,31). The molecule has 1 aromatic carbocycles. The number of carboxylic acids is 1. The van der Waals surface area contributed by atoms with E-state index in [1.54, 1.807) is 37.6 Å². The Morgan fingerprint density at radius 1 is 1.00 bits per heavy atom. The number of benzene rings is 1. The molecule has 11 heteroatoms. The first-order valence-corrected chi connectivity index (χ1v) is 11.2. The van der Waals surface area contributed by atoms with Gasteiger partial charge in [-0.2, -0.15) is 4.98 Å². The number of nitrogens with zero attached hydrogens (tertiary/aromatic N) is 4. The van der Waals surface area contributed by atoms with E-state index in [0.29, 0.717) is 40.4 Å². The van der Waals surface area contributed by atoms with Gasteiger partial charge in [-0.25, -0.2) is 15.0 Å². The number of nitrogens with one attached hydrogen (secondary N) is 3. The molecule has 11 nitrogen and oxygen atoms in total. The van der Waals surface area contributed by atoms with Crippen molar-refractivity contribution in [2.75, 3.05) is 36.7 Å². The highest BCUT2D eigenvalue weighted by atomic mass is 16.5. The van der Waals surface area contributed by atoms with Crippen molar-refractivity contribution in [3.63, 3.8) is 0 Å². The largest absolute Gasteiger partial charge is 0.481 e. The Balaban J connectivity index is 1.52. The van der Waals surface area contributed by atoms with E-state index >= 15 is 0 Å². The fraction of sp³-hybridized carbons (Fsp3) is 0.160. The Bertz CT molecular complexity index is 1570. The predicted molar refractivity (Wildman–Crippen MR) is 137 cm³/mol. The molecule has 4 N–H and O–H groups in total. The number of pyridine rings is 3. The molecule has 0 spiro atoms. The highest BCUT2D eigenvalue weighted by Gasteiger charge is 2.17. The SMILES string of the molecule is CNc1ncc(-c2nc3c(NC)cccc3o2)c2cc(Nc3cccc(OCCC(=O)O)n3)ncc12. The minimum absolute atomic E-state index is 0.0307. The number of hydrogen-bond donors (Lipinski definition) is 4. The van der Waals surface area contributed by atoms with Crippen LogP contribution in [0.2, 0.25) is 0 Å². The zero-order chi connectivity index (χ0) is 25.1. The van der Waals surface area contributed by atoms with Crippen LogP contribution in [-0.2, 0) is 4.79 Å². The molecule has 0 amide bonds.